The summed E-state index contributed by atoms with van der Waals surface area (Å²) in [6, 6.07) is 7.32. The molecule has 1 rings (SSSR count). The number of benzene rings is 1. The van der Waals surface area contributed by atoms with Crippen molar-refractivity contribution in [2.45, 2.75) is 25.7 Å². The number of hydrogen-bond acceptors (Lipinski definition) is 3. The molecule has 0 radical (unpaired) electrons. The van der Waals surface area contributed by atoms with E-state index in [9.17, 15) is 9.59 Å². The highest BCUT2D eigenvalue weighted by atomic mass is 16.5. The van der Waals surface area contributed by atoms with Crippen molar-refractivity contribution >= 4 is 11.9 Å². The molecule has 0 heterocycles. The van der Waals surface area contributed by atoms with E-state index in [0.29, 0.717) is 6.42 Å². The Bertz CT molecular complexity index is 428. The van der Waals surface area contributed by atoms with Crippen LogP contribution in [0.5, 0.6) is 5.75 Å². The van der Waals surface area contributed by atoms with Gasteiger partial charge in [0.15, 0.2) is 0 Å². The van der Waals surface area contributed by atoms with Gasteiger partial charge in [0.25, 0.3) is 0 Å². The second-order valence-electron chi connectivity index (χ2n) is 4.17. The fourth-order valence-corrected chi connectivity index (χ4v) is 1.82. The first-order chi connectivity index (χ1) is 9.08. The maximum absolute atomic E-state index is 12.0. The van der Waals surface area contributed by atoms with Gasteiger partial charge in [0.05, 0.1) is 19.4 Å². The van der Waals surface area contributed by atoms with Crippen LogP contribution in [-0.2, 0) is 9.59 Å². The molecule has 5 heteroatoms. The van der Waals surface area contributed by atoms with Crippen LogP contribution in [0, 0.1) is 0 Å². The smallest absolute Gasteiger partial charge is 0.305 e. The fourth-order valence-electron chi connectivity index (χ4n) is 1.82. The van der Waals surface area contributed by atoms with Crippen LogP contribution in [0.15, 0.2) is 24.3 Å². The van der Waals surface area contributed by atoms with Gasteiger partial charge in [-0.3, -0.25) is 9.59 Å². The van der Waals surface area contributed by atoms with Crippen molar-refractivity contribution < 1.29 is 19.4 Å². The average Bonchev–Trinajstić information content (AvgIpc) is 2.40. The molecule has 0 fully saturated rings. The maximum Gasteiger partial charge on any atom is 0.305 e. The van der Waals surface area contributed by atoms with E-state index in [1.165, 1.54) is 0 Å². The van der Waals surface area contributed by atoms with Gasteiger partial charge in [-0.2, -0.15) is 0 Å². The molecular formula is C14H19NO4. The van der Waals surface area contributed by atoms with Crippen LogP contribution in [0.2, 0.25) is 0 Å². The Morgan fingerprint density at radius 3 is 2.42 bits per heavy atom. The minimum absolute atomic E-state index is 0.0647. The Hall–Kier alpha value is -2.04. The number of carbonyl (C=O) groups is 2. The molecule has 0 bridgehead atoms. The molecule has 0 aliphatic heterocycles. The summed E-state index contributed by atoms with van der Waals surface area (Å²) in [6.45, 7) is 2.08. The van der Waals surface area contributed by atoms with E-state index in [1.54, 1.807) is 7.11 Å². The lowest BCUT2D eigenvalue weighted by Crippen LogP contribution is -2.30. The zero-order chi connectivity index (χ0) is 14.3. The number of methoxy groups -OCH3 is 1. The summed E-state index contributed by atoms with van der Waals surface area (Å²) in [5.74, 6) is -0.587. The Balaban J connectivity index is 2.64. The fraction of sp³-hybridized carbons (Fsp3) is 0.429. The SMILES string of the molecule is CCC(C(=O)NCCC(=O)O)c1ccc(OC)cc1. The standard InChI is InChI=1S/C14H19NO4/c1-3-12(14(18)15-9-8-13(16)17)10-4-6-11(19-2)7-5-10/h4-7,12H,3,8-9H2,1-2H3,(H,15,18)(H,16,17). The third-order valence-electron chi connectivity index (χ3n) is 2.88. The molecule has 0 saturated carbocycles. The second kappa shape index (κ2) is 7.41. The van der Waals surface area contributed by atoms with E-state index in [2.05, 4.69) is 5.32 Å². The van der Waals surface area contributed by atoms with Crippen molar-refractivity contribution in [1.82, 2.24) is 5.32 Å². The van der Waals surface area contributed by atoms with Gasteiger partial charge in [-0.25, -0.2) is 0 Å². The van der Waals surface area contributed by atoms with Gasteiger partial charge in [0.2, 0.25) is 5.91 Å². The van der Waals surface area contributed by atoms with Gasteiger partial charge in [-0.15, -0.1) is 0 Å². The average molecular weight is 265 g/mol. The summed E-state index contributed by atoms with van der Waals surface area (Å²) < 4.78 is 5.07. The molecule has 2 N–H and O–H groups in total. The first-order valence-corrected chi connectivity index (χ1v) is 6.22. The van der Waals surface area contributed by atoms with Crippen molar-refractivity contribution in [2.75, 3.05) is 13.7 Å². The normalized spacial score (nSPS) is 11.7. The number of carboxylic acid groups (broad SMARTS) is 1. The van der Waals surface area contributed by atoms with Gasteiger partial charge in [0, 0.05) is 6.54 Å². The van der Waals surface area contributed by atoms with Crippen LogP contribution < -0.4 is 10.1 Å². The molecule has 1 atom stereocenters. The molecule has 0 aromatic heterocycles. The molecule has 1 unspecified atom stereocenters. The highest BCUT2D eigenvalue weighted by Gasteiger charge is 2.18. The van der Waals surface area contributed by atoms with Crippen molar-refractivity contribution in [3.63, 3.8) is 0 Å². The van der Waals surface area contributed by atoms with Crippen molar-refractivity contribution in [3.8, 4) is 5.75 Å². The van der Waals surface area contributed by atoms with Crippen LogP contribution >= 0.6 is 0 Å². The summed E-state index contributed by atoms with van der Waals surface area (Å²) in [7, 11) is 1.59. The highest BCUT2D eigenvalue weighted by Crippen LogP contribution is 2.22. The summed E-state index contributed by atoms with van der Waals surface area (Å²) >= 11 is 0. The Morgan fingerprint density at radius 1 is 1.32 bits per heavy atom. The number of carbonyl (C=O) groups excluding carboxylic acids is 1. The van der Waals surface area contributed by atoms with Gasteiger partial charge in [0.1, 0.15) is 5.75 Å². The number of rotatable bonds is 7. The largest absolute Gasteiger partial charge is 0.497 e. The lowest BCUT2D eigenvalue weighted by atomic mass is 9.95. The predicted octanol–water partition coefficient (Wildman–Crippen LogP) is 1.78. The Kier molecular flexibility index (Phi) is 5.85. The molecular weight excluding hydrogens is 246 g/mol. The Morgan fingerprint density at radius 2 is 1.95 bits per heavy atom. The van der Waals surface area contributed by atoms with Crippen molar-refractivity contribution in [3.05, 3.63) is 29.8 Å². The molecule has 1 aromatic rings. The van der Waals surface area contributed by atoms with E-state index in [4.69, 9.17) is 9.84 Å². The molecule has 0 aliphatic carbocycles. The third kappa shape index (κ3) is 4.62. The monoisotopic (exact) mass is 265 g/mol. The molecule has 1 amide bonds. The maximum atomic E-state index is 12.0. The lowest BCUT2D eigenvalue weighted by molar-refractivity contribution is -0.136. The van der Waals surface area contributed by atoms with Gasteiger partial charge in [-0.1, -0.05) is 19.1 Å². The topological polar surface area (TPSA) is 75.6 Å². The quantitative estimate of drug-likeness (QED) is 0.788. The van der Waals surface area contributed by atoms with Crippen LogP contribution in [0.1, 0.15) is 31.2 Å². The third-order valence-corrected chi connectivity index (χ3v) is 2.88. The molecule has 0 aliphatic rings. The number of nitrogens with one attached hydrogen (secondary N) is 1. The van der Waals surface area contributed by atoms with E-state index >= 15 is 0 Å². The van der Waals surface area contributed by atoms with Gasteiger partial charge < -0.3 is 15.2 Å². The Labute approximate surface area is 112 Å². The molecule has 0 saturated heterocycles. The van der Waals surface area contributed by atoms with E-state index in [0.717, 1.165) is 11.3 Å². The number of carboxylic acids is 1. The number of hydrogen-bond donors (Lipinski definition) is 2. The van der Waals surface area contributed by atoms with Gasteiger partial charge >= 0.3 is 5.97 Å². The van der Waals surface area contributed by atoms with Crippen LogP contribution in [0.25, 0.3) is 0 Å². The van der Waals surface area contributed by atoms with Crippen LogP contribution in [-0.4, -0.2) is 30.6 Å². The first-order valence-electron chi connectivity index (χ1n) is 6.22. The lowest BCUT2D eigenvalue weighted by Gasteiger charge is -2.15. The number of amides is 1. The number of ether oxygens (including phenoxy) is 1. The minimum Gasteiger partial charge on any atom is -0.497 e. The zero-order valence-electron chi connectivity index (χ0n) is 11.2. The summed E-state index contributed by atoms with van der Waals surface area (Å²) in [5.41, 5.74) is 0.899. The van der Waals surface area contributed by atoms with E-state index in [1.807, 2.05) is 31.2 Å². The van der Waals surface area contributed by atoms with Crippen LogP contribution in [0.3, 0.4) is 0 Å². The van der Waals surface area contributed by atoms with Crippen molar-refractivity contribution in [1.29, 1.82) is 0 Å². The molecule has 5 nitrogen and oxygen atoms in total. The van der Waals surface area contributed by atoms with Gasteiger partial charge in [-0.05, 0) is 24.1 Å². The zero-order valence-corrected chi connectivity index (χ0v) is 11.2. The van der Waals surface area contributed by atoms with Crippen molar-refractivity contribution in [2.24, 2.45) is 0 Å². The minimum atomic E-state index is -0.919. The summed E-state index contributed by atoms with van der Waals surface area (Å²) in [6.07, 6.45) is 0.593. The number of aliphatic carboxylic acids is 1. The summed E-state index contributed by atoms with van der Waals surface area (Å²) in [5, 5.41) is 11.2. The summed E-state index contributed by atoms with van der Waals surface area (Å²) in [4.78, 5) is 22.4. The highest BCUT2D eigenvalue weighted by molar-refractivity contribution is 5.84. The predicted molar refractivity (Wildman–Crippen MR) is 71.3 cm³/mol. The van der Waals surface area contributed by atoms with E-state index in [-0.39, 0.29) is 24.8 Å². The van der Waals surface area contributed by atoms with E-state index < -0.39 is 5.97 Å². The molecule has 104 valence electrons. The second-order valence-corrected chi connectivity index (χ2v) is 4.17. The molecule has 19 heavy (non-hydrogen) atoms. The molecule has 0 spiro atoms. The van der Waals surface area contributed by atoms with Crippen LogP contribution in [0.4, 0.5) is 0 Å². The molecule has 1 aromatic carbocycles. The first kappa shape index (κ1) is 15.0.